The number of nitrogens with zero attached hydrogens (tertiary/aromatic N) is 1. The first-order chi connectivity index (χ1) is 9.23. The molecular formula is C15H23NO4. The number of phenols is 1. The summed E-state index contributed by atoms with van der Waals surface area (Å²) in [5.74, 6) is 0.391. The molecule has 1 amide bonds. The highest BCUT2D eigenvalue weighted by molar-refractivity contribution is 5.77. The first-order valence-corrected chi connectivity index (χ1v) is 6.47. The van der Waals surface area contributed by atoms with Gasteiger partial charge in [0.2, 0.25) is 5.91 Å². The van der Waals surface area contributed by atoms with Crippen molar-refractivity contribution in [3.05, 3.63) is 23.8 Å². The normalized spacial score (nSPS) is 11.2. The molecule has 0 fully saturated rings. The first-order valence-electron chi connectivity index (χ1n) is 6.47. The molecule has 0 atom stereocenters. The van der Waals surface area contributed by atoms with Crippen LogP contribution in [0.3, 0.4) is 0 Å². The van der Waals surface area contributed by atoms with Crippen LogP contribution in [0.15, 0.2) is 18.2 Å². The second-order valence-corrected chi connectivity index (χ2v) is 5.66. The van der Waals surface area contributed by atoms with Gasteiger partial charge in [0.1, 0.15) is 6.61 Å². The Morgan fingerprint density at radius 2 is 2.00 bits per heavy atom. The second kappa shape index (κ2) is 6.61. The van der Waals surface area contributed by atoms with Crippen molar-refractivity contribution in [1.82, 2.24) is 4.90 Å². The lowest BCUT2D eigenvalue weighted by molar-refractivity contribution is -0.140. The monoisotopic (exact) mass is 281 g/mol. The van der Waals surface area contributed by atoms with E-state index in [1.807, 2.05) is 20.8 Å². The molecule has 0 aliphatic rings. The number of rotatable bonds is 5. The summed E-state index contributed by atoms with van der Waals surface area (Å²) < 4.78 is 10.5. The summed E-state index contributed by atoms with van der Waals surface area (Å²) in [5, 5.41) is 9.53. The maximum atomic E-state index is 11.9. The van der Waals surface area contributed by atoms with Crippen molar-refractivity contribution in [1.29, 1.82) is 0 Å². The minimum absolute atomic E-state index is 0.0508. The lowest BCUT2D eigenvalue weighted by Gasteiger charge is -2.22. The van der Waals surface area contributed by atoms with Crippen LogP contribution in [-0.4, -0.2) is 42.3 Å². The second-order valence-electron chi connectivity index (χ2n) is 5.66. The number of methoxy groups -OCH3 is 1. The molecule has 20 heavy (non-hydrogen) atoms. The van der Waals surface area contributed by atoms with Crippen molar-refractivity contribution < 1.29 is 19.4 Å². The Morgan fingerprint density at radius 1 is 1.35 bits per heavy atom. The Hall–Kier alpha value is -1.75. The van der Waals surface area contributed by atoms with Crippen LogP contribution in [0.25, 0.3) is 0 Å². The third-order valence-corrected chi connectivity index (χ3v) is 2.72. The van der Waals surface area contributed by atoms with E-state index in [0.717, 1.165) is 5.56 Å². The number of carbonyl (C=O) groups excluding carboxylic acids is 1. The van der Waals surface area contributed by atoms with Gasteiger partial charge in [0.05, 0.1) is 12.7 Å². The van der Waals surface area contributed by atoms with E-state index >= 15 is 0 Å². The molecule has 5 nitrogen and oxygen atoms in total. The molecule has 1 aromatic rings. The minimum atomic E-state index is -0.335. The Labute approximate surface area is 120 Å². The highest BCUT2D eigenvalue weighted by atomic mass is 16.5. The topological polar surface area (TPSA) is 59.0 Å². The van der Waals surface area contributed by atoms with E-state index in [0.29, 0.717) is 12.3 Å². The molecule has 0 aliphatic carbocycles. The molecule has 1 aromatic carbocycles. The molecule has 5 heteroatoms. The summed E-state index contributed by atoms with van der Waals surface area (Å²) in [7, 11) is 3.21. The summed E-state index contributed by atoms with van der Waals surface area (Å²) in [4.78, 5) is 13.5. The van der Waals surface area contributed by atoms with Crippen LogP contribution in [0, 0.1) is 0 Å². The molecule has 0 saturated carbocycles. The van der Waals surface area contributed by atoms with E-state index in [9.17, 15) is 9.90 Å². The third-order valence-electron chi connectivity index (χ3n) is 2.72. The molecule has 0 radical (unpaired) electrons. The van der Waals surface area contributed by atoms with Gasteiger partial charge in [-0.05, 0) is 38.5 Å². The number of likely N-dealkylation sites (N-methyl/N-ethyl adjacent to an activating group) is 1. The van der Waals surface area contributed by atoms with Crippen molar-refractivity contribution >= 4 is 5.91 Å². The number of ether oxygens (including phenoxy) is 2. The van der Waals surface area contributed by atoms with Gasteiger partial charge < -0.3 is 19.5 Å². The zero-order valence-corrected chi connectivity index (χ0v) is 12.8. The minimum Gasteiger partial charge on any atom is -0.504 e. The first kappa shape index (κ1) is 16.3. The molecular weight excluding hydrogens is 258 g/mol. The number of benzene rings is 1. The van der Waals surface area contributed by atoms with Crippen LogP contribution >= 0.6 is 0 Å². The largest absolute Gasteiger partial charge is 0.504 e. The molecule has 0 heterocycles. The zero-order chi connectivity index (χ0) is 15.3. The predicted molar refractivity (Wildman–Crippen MR) is 76.8 cm³/mol. The van der Waals surface area contributed by atoms with Crippen LogP contribution in [0.4, 0.5) is 0 Å². The lowest BCUT2D eigenvalue weighted by Crippen LogP contribution is -2.33. The summed E-state index contributed by atoms with van der Waals surface area (Å²) in [6, 6.07) is 5.02. The van der Waals surface area contributed by atoms with Gasteiger partial charge in [-0.1, -0.05) is 6.07 Å². The fourth-order valence-electron chi connectivity index (χ4n) is 1.57. The summed E-state index contributed by atoms with van der Waals surface area (Å²) in [5.41, 5.74) is 0.546. The average molecular weight is 281 g/mol. The SMILES string of the molecule is COc1cc(CN(C)C(=O)COC(C)(C)C)ccc1O. The van der Waals surface area contributed by atoms with Crippen molar-refractivity contribution in [3.63, 3.8) is 0 Å². The van der Waals surface area contributed by atoms with Gasteiger partial charge in [-0.3, -0.25) is 4.79 Å². The van der Waals surface area contributed by atoms with Gasteiger partial charge in [-0.25, -0.2) is 0 Å². The van der Waals surface area contributed by atoms with Crippen LogP contribution in [-0.2, 0) is 16.1 Å². The molecule has 0 aromatic heterocycles. The summed E-state index contributed by atoms with van der Waals surface area (Å²) in [6.45, 7) is 6.21. The predicted octanol–water partition coefficient (Wildman–Crippen LogP) is 2.17. The van der Waals surface area contributed by atoms with Crippen molar-refractivity contribution in [2.75, 3.05) is 20.8 Å². The maximum absolute atomic E-state index is 11.9. The fraction of sp³-hybridized carbons (Fsp3) is 0.533. The van der Waals surface area contributed by atoms with E-state index < -0.39 is 0 Å². The van der Waals surface area contributed by atoms with E-state index in [4.69, 9.17) is 9.47 Å². The van der Waals surface area contributed by atoms with Crippen LogP contribution in [0.5, 0.6) is 11.5 Å². The van der Waals surface area contributed by atoms with Gasteiger partial charge in [-0.15, -0.1) is 0 Å². The van der Waals surface area contributed by atoms with E-state index in [2.05, 4.69) is 0 Å². The Balaban J connectivity index is 2.61. The Bertz CT molecular complexity index is 465. The fourth-order valence-corrected chi connectivity index (χ4v) is 1.57. The molecule has 112 valence electrons. The van der Waals surface area contributed by atoms with Gasteiger partial charge in [0.25, 0.3) is 0 Å². The maximum Gasteiger partial charge on any atom is 0.248 e. The number of phenolic OH excluding ortho intramolecular Hbond substituents is 1. The molecule has 1 N–H and O–H groups in total. The smallest absolute Gasteiger partial charge is 0.248 e. The quantitative estimate of drug-likeness (QED) is 0.898. The van der Waals surface area contributed by atoms with E-state index in [-0.39, 0.29) is 23.9 Å². The van der Waals surface area contributed by atoms with Gasteiger partial charge in [0.15, 0.2) is 11.5 Å². The summed E-state index contributed by atoms with van der Waals surface area (Å²) in [6.07, 6.45) is 0. The molecule has 0 aliphatic heterocycles. The Kier molecular flexibility index (Phi) is 5.39. The van der Waals surface area contributed by atoms with E-state index in [1.165, 1.54) is 7.11 Å². The lowest BCUT2D eigenvalue weighted by atomic mass is 10.2. The van der Waals surface area contributed by atoms with Crippen LogP contribution in [0.1, 0.15) is 26.3 Å². The number of aromatic hydroxyl groups is 1. The summed E-state index contributed by atoms with van der Waals surface area (Å²) >= 11 is 0. The molecule has 0 saturated heterocycles. The zero-order valence-electron chi connectivity index (χ0n) is 12.8. The Morgan fingerprint density at radius 3 is 2.55 bits per heavy atom. The highest BCUT2D eigenvalue weighted by Gasteiger charge is 2.16. The van der Waals surface area contributed by atoms with Crippen molar-refractivity contribution in [2.45, 2.75) is 32.9 Å². The van der Waals surface area contributed by atoms with E-state index in [1.54, 1.807) is 30.1 Å². The standard InChI is InChI=1S/C15H23NO4/c1-15(2,3)20-10-14(18)16(4)9-11-6-7-12(17)13(8-11)19-5/h6-8,17H,9-10H2,1-5H3. The third kappa shape index (κ3) is 5.09. The van der Waals surface area contributed by atoms with Crippen LogP contribution < -0.4 is 4.74 Å². The van der Waals surface area contributed by atoms with Crippen LogP contribution in [0.2, 0.25) is 0 Å². The number of hydrogen-bond acceptors (Lipinski definition) is 4. The molecule has 0 unspecified atom stereocenters. The van der Waals surface area contributed by atoms with Crippen molar-refractivity contribution in [3.8, 4) is 11.5 Å². The van der Waals surface area contributed by atoms with Gasteiger partial charge in [0, 0.05) is 13.6 Å². The van der Waals surface area contributed by atoms with Crippen molar-refractivity contribution in [2.24, 2.45) is 0 Å². The molecule has 0 bridgehead atoms. The number of carbonyl (C=O) groups is 1. The van der Waals surface area contributed by atoms with Gasteiger partial charge in [-0.2, -0.15) is 0 Å². The van der Waals surface area contributed by atoms with Gasteiger partial charge >= 0.3 is 0 Å². The average Bonchev–Trinajstić information content (AvgIpc) is 2.37. The number of hydrogen-bond donors (Lipinski definition) is 1. The molecule has 0 spiro atoms. The number of amides is 1. The molecule has 1 rings (SSSR count). The highest BCUT2D eigenvalue weighted by Crippen LogP contribution is 2.26.